The number of rotatable bonds is 4. The monoisotopic (exact) mass is 525 g/mol. The molecule has 4 aromatic rings. The van der Waals surface area contributed by atoms with Crippen LogP contribution in [-0.4, -0.2) is 17.6 Å². The molecule has 3 aromatic carbocycles. The Balaban J connectivity index is 1.81. The van der Waals surface area contributed by atoms with E-state index >= 15 is 0 Å². The number of ether oxygens (including phenoxy) is 1. The Morgan fingerprint density at radius 2 is 1.94 bits per heavy atom. The van der Waals surface area contributed by atoms with Gasteiger partial charge in [0.2, 0.25) is 5.76 Å². The maximum atomic E-state index is 13.6. The summed E-state index contributed by atoms with van der Waals surface area (Å²) < 4.78 is 12.3. The molecule has 2 heterocycles. The lowest BCUT2D eigenvalue weighted by atomic mass is 9.97. The van der Waals surface area contributed by atoms with Gasteiger partial charge in [-0.1, -0.05) is 39.7 Å². The lowest BCUT2D eigenvalue weighted by molar-refractivity contribution is 0.0971. The lowest BCUT2D eigenvalue weighted by Crippen LogP contribution is -2.29. The van der Waals surface area contributed by atoms with Crippen molar-refractivity contribution < 1.29 is 19.1 Å². The highest BCUT2D eigenvalue weighted by Gasteiger charge is 2.44. The van der Waals surface area contributed by atoms with Gasteiger partial charge in [-0.25, -0.2) is 0 Å². The third-order valence-corrected chi connectivity index (χ3v) is 6.25. The number of halogens is 2. The Labute approximate surface area is 202 Å². The van der Waals surface area contributed by atoms with E-state index in [2.05, 4.69) is 15.9 Å². The van der Waals surface area contributed by atoms with Crippen molar-refractivity contribution in [2.45, 2.75) is 13.0 Å². The zero-order valence-corrected chi connectivity index (χ0v) is 19.7. The Hall–Kier alpha value is -3.29. The number of anilines is 1. The Morgan fingerprint density at radius 3 is 2.70 bits per heavy atom. The van der Waals surface area contributed by atoms with Crippen LogP contribution in [0.2, 0.25) is 5.02 Å². The predicted octanol–water partition coefficient (Wildman–Crippen LogP) is 6.06. The third kappa shape index (κ3) is 3.57. The number of nitrogens with zero attached hydrogens (tertiary/aromatic N) is 1. The number of amides is 1. The molecule has 0 radical (unpaired) electrons. The third-order valence-electron chi connectivity index (χ3n) is 5.52. The van der Waals surface area contributed by atoms with Crippen LogP contribution in [0.1, 0.15) is 34.6 Å². The maximum Gasteiger partial charge on any atom is 0.295 e. The number of aromatic hydroxyl groups is 1. The summed E-state index contributed by atoms with van der Waals surface area (Å²) in [6.07, 6.45) is 0. The largest absolute Gasteiger partial charge is 0.504 e. The number of hydrogen-bond donors (Lipinski definition) is 1. The standard InChI is InChI=1S/C25H17BrClNO5/c1-2-32-20-10-13(6-8-18(20)29)22-21-23(30)17-12-15(27)7-9-19(17)33-24(21)25(31)28(22)16-5-3-4-14(26)11-16/h3-12,22,29H,2H2,1H3. The van der Waals surface area contributed by atoms with E-state index < -0.39 is 11.9 Å². The predicted molar refractivity (Wildman–Crippen MR) is 130 cm³/mol. The van der Waals surface area contributed by atoms with Gasteiger partial charge in [0.25, 0.3) is 5.91 Å². The number of fused-ring (bicyclic) bond motifs is 2. The summed E-state index contributed by atoms with van der Waals surface area (Å²) in [7, 11) is 0. The van der Waals surface area contributed by atoms with Crippen molar-refractivity contribution in [2.24, 2.45) is 0 Å². The Kier molecular flexibility index (Phi) is 5.38. The normalized spacial score (nSPS) is 15.2. The van der Waals surface area contributed by atoms with Crippen molar-refractivity contribution >= 4 is 50.1 Å². The second-order valence-electron chi connectivity index (χ2n) is 7.53. The van der Waals surface area contributed by atoms with Crippen LogP contribution in [0.15, 0.2) is 74.3 Å². The maximum absolute atomic E-state index is 13.6. The van der Waals surface area contributed by atoms with Crippen molar-refractivity contribution in [1.82, 2.24) is 0 Å². The number of carbonyl (C=O) groups excluding carboxylic acids is 1. The molecule has 1 aliphatic rings. The van der Waals surface area contributed by atoms with Crippen LogP contribution in [0, 0.1) is 0 Å². The molecule has 1 aliphatic heterocycles. The zero-order valence-electron chi connectivity index (χ0n) is 17.3. The van der Waals surface area contributed by atoms with E-state index in [1.165, 1.54) is 17.0 Å². The smallest absolute Gasteiger partial charge is 0.295 e. The van der Waals surface area contributed by atoms with E-state index in [-0.39, 0.29) is 33.8 Å². The van der Waals surface area contributed by atoms with Gasteiger partial charge in [-0.2, -0.15) is 0 Å². The minimum atomic E-state index is -0.791. The molecular formula is C25H17BrClNO5. The number of benzene rings is 3. The van der Waals surface area contributed by atoms with Crippen LogP contribution in [0.3, 0.4) is 0 Å². The van der Waals surface area contributed by atoms with E-state index in [0.29, 0.717) is 28.3 Å². The Bertz CT molecular complexity index is 1480. The first-order valence-corrected chi connectivity index (χ1v) is 11.4. The highest BCUT2D eigenvalue weighted by Crippen LogP contribution is 2.43. The topological polar surface area (TPSA) is 80.0 Å². The van der Waals surface area contributed by atoms with Crippen LogP contribution in [0.25, 0.3) is 11.0 Å². The van der Waals surface area contributed by atoms with Crippen LogP contribution < -0.4 is 15.1 Å². The molecule has 6 nitrogen and oxygen atoms in total. The van der Waals surface area contributed by atoms with E-state index in [1.54, 1.807) is 49.4 Å². The van der Waals surface area contributed by atoms with Crippen LogP contribution in [-0.2, 0) is 0 Å². The van der Waals surface area contributed by atoms with Crippen molar-refractivity contribution in [3.05, 3.63) is 97.3 Å². The molecule has 0 aliphatic carbocycles. The lowest BCUT2D eigenvalue weighted by Gasteiger charge is -2.26. The summed E-state index contributed by atoms with van der Waals surface area (Å²) in [5, 5.41) is 10.9. The van der Waals surface area contributed by atoms with Gasteiger partial charge in [0.05, 0.1) is 23.6 Å². The molecule has 0 spiro atoms. The van der Waals surface area contributed by atoms with Gasteiger partial charge in [0, 0.05) is 15.2 Å². The summed E-state index contributed by atoms with van der Waals surface area (Å²) in [5.74, 6) is -0.228. The molecule has 0 saturated heterocycles. The fourth-order valence-electron chi connectivity index (χ4n) is 4.12. The second kappa shape index (κ2) is 8.24. The van der Waals surface area contributed by atoms with Crippen molar-refractivity contribution in [2.75, 3.05) is 11.5 Å². The molecule has 1 N–H and O–H groups in total. The molecule has 0 bridgehead atoms. The second-order valence-corrected chi connectivity index (χ2v) is 8.88. The molecule has 33 heavy (non-hydrogen) atoms. The molecular weight excluding hydrogens is 510 g/mol. The van der Waals surface area contributed by atoms with Crippen molar-refractivity contribution in [1.29, 1.82) is 0 Å². The summed E-state index contributed by atoms with van der Waals surface area (Å²) in [6, 6.07) is 16.0. The van der Waals surface area contributed by atoms with E-state index in [1.807, 2.05) is 6.07 Å². The van der Waals surface area contributed by atoms with E-state index in [0.717, 1.165) is 4.47 Å². The fraction of sp³-hybridized carbons (Fsp3) is 0.120. The van der Waals surface area contributed by atoms with Gasteiger partial charge in [-0.15, -0.1) is 0 Å². The van der Waals surface area contributed by atoms with Crippen LogP contribution in [0.4, 0.5) is 5.69 Å². The summed E-state index contributed by atoms with van der Waals surface area (Å²) >= 11 is 9.58. The average molecular weight is 527 g/mol. The van der Waals surface area contributed by atoms with Crippen molar-refractivity contribution in [3.63, 3.8) is 0 Å². The average Bonchev–Trinajstić information content (AvgIpc) is 3.08. The highest BCUT2D eigenvalue weighted by atomic mass is 79.9. The molecule has 1 aromatic heterocycles. The van der Waals surface area contributed by atoms with Gasteiger partial charge < -0.3 is 14.3 Å². The first-order valence-electron chi connectivity index (χ1n) is 10.2. The molecule has 1 atom stereocenters. The molecule has 0 fully saturated rings. The Morgan fingerprint density at radius 1 is 1.12 bits per heavy atom. The SMILES string of the molecule is CCOc1cc(C2c3c(oc4ccc(Cl)cc4c3=O)C(=O)N2c2cccc(Br)c2)ccc1O. The molecule has 1 unspecified atom stereocenters. The number of phenolic OH excluding ortho intramolecular Hbond substituents is 1. The van der Waals surface area contributed by atoms with E-state index in [4.69, 9.17) is 20.8 Å². The van der Waals surface area contributed by atoms with Gasteiger partial charge in [0.1, 0.15) is 5.58 Å². The first kappa shape index (κ1) is 21.6. The van der Waals surface area contributed by atoms with Gasteiger partial charge in [-0.05, 0) is 61.0 Å². The minimum Gasteiger partial charge on any atom is -0.504 e. The highest BCUT2D eigenvalue weighted by molar-refractivity contribution is 9.10. The van der Waals surface area contributed by atoms with Crippen molar-refractivity contribution in [3.8, 4) is 11.5 Å². The van der Waals surface area contributed by atoms with Gasteiger partial charge in [-0.3, -0.25) is 14.5 Å². The summed E-state index contributed by atoms with van der Waals surface area (Å²) in [4.78, 5) is 28.8. The summed E-state index contributed by atoms with van der Waals surface area (Å²) in [5.41, 5.74) is 1.33. The quantitative estimate of drug-likeness (QED) is 0.349. The molecule has 8 heteroatoms. The van der Waals surface area contributed by atoms with Crippen LogP contribution >= 0.6 is 27.5 Å². The van der Waals surface area contributed by atoms with Gasteiger partial charge >= 0.3 is 0 Å². The molecule has 166 valence electrons. The summed E-state index contributed by atoms with van der Waals surface area (Å²) in [6.45, 7) is 2.15. The molecule has 0 saturated carbocycles. The van der Waals surface area contributed by atoms with E-state index in [9.17, 15) is 14.7 Å². The molecule has 1 amide bonds. The molecule has 5 rings (SSSR count). The number of carbonyl (C=O) groups is 1. The fourth-order valence-corrected chi connectivity index (χ4v) is 4.68. The minimum absolute atomic E-state index is 0.0224. The zero-order chi connectivity index (χ0) is 23.3. The van der Waals surface area contributed by atoms with Gasteiger partial charge in [0.15, 0.2) is 16.9 Å². The number of hydrogen-bond acceptors (Lipinski definition) is 5. The number of phenols is 1. The van der Waals surface area contributed by atoms with Crippen LogP contribution in [0.5, 0.6) is 11.5 Å². The first-order chi connectivity index (χ1) is 15.9.